The summed E-state index contributed by atoms with van der Waals surface area (Å²) in [6.45, 7) is 7.57. The Bertz CT molecular complexity index is 511. The van der Waals surface area contributed by atoms with Gasteiger partial charge in [-0.15, -0.1) is 0 Å². The van der Waals surface area contributed by atoms with Crippen molar-refractivity contribution in [3.8, 4) is 0 Å². The monoisotopic (exact) mass is 325 g/mol. The Kier molecular flexibility index (Phi) is 6.15. The van der Waals surface area contributed by atoms with Crippen LogP contribution in [-0.2, 0) is 13.6 Å². The molecule has 2 rings (SSSR count). The number of hydrogen-bond acceptors (Lipinski definition) is 2. The summed E-state index contributed by atoms with van der Waals surface area (Å²) in [5.74, 6) is 1.65. The quantitative estimate of drug-likeness (QED) is 0.664. The van der Waals surface area contributed by atoms with Gasteiger partial charge < -0.3 is 19.7 Å². The first kappa shape index (κ1) is 17.2. The van der Waals surface area contributed by atoms with Crippen LogP contribution in [0.4, 0.5) is 0 Å². The smallest absolute Gasteiger partial charge is 0.193 e. The van der Waals surface area contributed by atoms with Crippen LogP contribution >= 0.6 is 11.6 Å². The molecule has 1 saturated heterocycles. The van der Waals surface area contributed by atoms with Crippen molar-refractivity contribution < 1.29 is 0 Å². The summed E-state index contributed by atoms with van der Waals surface area (Å²) in [6.07, 6.45) is 3.20. The summed E-state index contributed by atoms with van der Waals surface area (Å²) in [5.41, 5.74) is 1.17. The third kappa shape index (κ3) is 4.40. The highest BCUT2D eigenvalue weighted by atomic mass is 35.5. The normalized spacial score (nSPS) is 19.7. The number of nitrogens with zero attached hydrogens (tertiary/aromatic N) is 4. The van der Waals surface area contributed by atoms with Gasteiger partial charge in [-0.25, -0.2) is 0 Å². The molecule has 5 nitrogen and oxygen atoms in total. The molecular formula is C16H28ClN5. The minimum absolute atomic E-state index is 0.717. The fourth-order valence-electron chi connectivity index (χ4n) is 3.03. The van der Waals surface area contributed by atoms with Gasteiger partial charge in [-0.3, -0.25) is 4.99 Å². The maximum atomic E-state index is 6.05. The molecule has 0 saturated carbocycles. The van der Waals surface area contributed by atoms with Gasteiger partial charge in [0.1, 0.15) is 0 Å². The van der Waals surface area contributed by atoms with Gasteiger partial charge in [0, 0.05) is 46.1 Å². The van der Waals surface area contributed by atoms with Gasteiger partial charge in [0.05, 0.1) is 11.6 Å². The zero-order valence-corrected chi connectivity index (χ0v) is 14.9. The van der Waals surface area contributed by atoms with E-state index in [9.17, 15) is 0 Å². The van der Waals surface area contributed by atoms with E-state index in [4.69, 9.17) is 11.6 Å². The molecule has 0 aliphatic carbocycles. The van der Waals surface area contributed by atoms with Crippen LogP contribution in [-0.4, -0.2) is 60.6 Å². The Hall–Kier alpha value is -1.20. The molecule has 1 aromatic rings. The third-order valence-electron chi connectivity index (χ3n) is 4.41. The van der Waals surface area contributed by atoms with Crippen LogP contribution < -0.4 is 5.32 Å². The fraction of sp³-hybridized carbons (Fsp3) is 0.688. The molecule has 0 aromatic carbocycles. The van der Waals surface area contributed by atoms with Crippen LogP contribution in [0.25, 0.3) is 0 Å². The lowest BCUT2D eigenvalue weighted by Gasteiger charge is -2.23. The van der Waals surface area contributed by atoms with Crippen molar-refractivity contribution in [1.29, 1.82) is 0 Å². The zero-order chi connectivity index (χ0) is 16.1. The summed E-state index contributed by atoms with van der Waals surface area (Å²) >= 11 is 6.05. The topological polar surface area (TPSA) is 35.8 Å². The number of guanidine groups is 1. The van der Waals surface area contributed by atoms with E-state index in [-0.39, 0.29) is 0 Å². The van der Waals surface area contributed by atoms with Crippen LogP contribution in [0.5, 0.6) is 0 Å². The first-order valence-electron chi connectivity index (χ1n) is 7.98. The Morgan fingerprint density at radius 1 is 1.55 bits per heavy atom. The average Bonchev–Trinajstić information content (AvgIpc) is 3.06. The molecule has 1 aliphatic heterocycles. The molecule has 1 atom stereocenters. The molecule has 1 aliphatic rings. The van der Waals surface area contributed by atoms with Crippen molar-refractivity contribution in [2.45, 2.75) is 19.9 Å². The lowest BCUT2D eigenvalue weighted by molar-refractivity contribution is 0.340. The average molecular weight is 326 g/mol. The molecule has 0 spiro atoms. The molecule has 124 valence electrons. The SMILES string of the molecule is CCN1CCC(CNC(=NC)N(C)Cc2cc(Cl)cn2C)C1. The van der Waals surface area contributed by atoms with Gasteiger partial charge in [0.2, 0.25) is 0 Å². The van der Waals surface area contributed by atoms with Crippen LogP contribution in [0.2, 0.25) is 5.02 Å². The van der Waals surface area contributed by atoms with Crippen LogP contribution in [0.1, 0.15) is 19.0 Å². The van der Waals surface area contributed by atoms with Crippen molar-refractivity contribution in [2.24, 2.45) is 18.0 Å². The minimum Gasteiger partial charge on any atom is -0.356 e. The number of aromatic nitrogens is 1. The van der Waals surface area contributed by atoms with Crippen molar-refractivity contribution in [2.75, 3.05) is 40.3 Å². The summed E-state index contributed by atoms with van der Waals surface area (Å²) in [6, 6.07) is 2.00. The maximum Gasteiger partial charge on any atom is 0.193 e. The highest BCUT2D eigenvalue weighted by Crippen LogP contribution is 2.16. The van der Waals surface area contributed by atoms with E-state index in [2.05, 4.69) is 38.6 Å². The summed E-state index contributed by atoms with van der Waals surface area (Å²) in [5, 5.41) is 4.29. The number of nitrogens with one attached hydrogen (secondary N) is 1. The predicted octanol–water partition coefficient (Wildman–Crippen LogP) is 2.03. The van der Waals surface area contributed by atoms with Crippen LogP contribution in [0, 0.1) is 5.92 Å². The summed E-state index contributed by atoms with van der Waals surface area (Å²) < 4.78 is 2.06. The van der Waals surface area contributed by atoms with E-state index in [0.29, 0.717) is 0 Å². The zero-order valence-electron chi connectivity index (χ0n) is 14.1. The first-order chi connectivity index (χ1) is 10.5. The second-order valence-electron chi connectivity index (χ2n) is 6.09. The number of aliphatic imine (C=N–C) groups is 1. The number of likely N-dealkylation sites (tertiary alicyclic amines) is 1. The Labute approximate surface area is 138 Å². The standard InChI is InChI=1S/C16H28ClN5/c1-5-22-7-6-13(10-22)9-19-16(18-2)21(4)12-15-8-14(17)11-20(15)3/h8,11,13H,5-7,9-10,12H2,1-4H3,(H,18,19). The second kappa shape index (κ2) is 7.88. The minimum atomic E-state index is 0.717. The maximum absolute atomic E-state index is 6.05. The van der Waals surface area contributed by atoms with Gasteiger partial charge in [-0.1, -0.05) is 18.5 Å². The molecule has 0 bridgehead atoms. The number of hydrogen-bond donors (Lipinski definition) is 1. The number of rotatable bonds is 5. The van der Waals surface area contributed by atoms with E-state index < -0.39 is 0 Å². The van der Waals surface area contributed by atoms with Gasteiger partial charge in [-0.05, 0) is 31.5 Å². The molecule has 1 fully saturated rings. The number of aryl methyl sites for hydroxylation is 1. The Balaban J connectivity index is 1.84. The molecule has 6 heteroatoms. The van der Waals surface area contributed by atoms with Crippen LogP contribution in [0.3, 0.4) is 0 Å². The highest BCUT2D eigenvalue weighted by molar-refractivity contribution is 6.30. The van der Waals surface area contributed by atoms with Crippen molar-refractivity contribution >= 4 is 17.6 Å². The first-order valence-corrected chi connectivity index (χ1v) is 8.36. The Morgan fingerprint density at radius 2 is 2.32 bits per heavy atom. The molecular weight excluding hydrogens is 298 g/mol. The molecule has 0 radical (unpaired) electrons. The molecule has 22 heavy (non-hydrogen) atoms. The summed E-state index contributed by atoms with van der Waals surface area (Å²) in [4.78, 5) is 9.04. The molecule has 1 aromatic heterocycles. The van der Waals surface area contributed by atoms with Crippen LogP contribution in [0.15, 0.2) is 17.3 Å². The molecule has 2 heterocycles. The van der Waals surface area contributed by atoms with E-state index in [1.807, 2.05) is 26.4 Å². The van der Waals surface area contributed by atoms with Crippen molar-refractivity contribution in [3.05, 3.63) is 23.0 Å². The van der Waals surface area contributed by atoms with Gasteiger partial charge in [-0.2, -0.15) is 0 Å². The van der Waals surface area contributed by atoms with Crippen molar-refractivity contribution in [1.82, 2.24) is 19.7 Å². The van der Waals surface area contributed by atoms with E-state index in [0.717, 1.165) is 36.5 Å². The fourth-order valence-corrected chi connectivity index (χ4v) is 3.30. The van der Waals surface area contributed by atoms with Gasteiger partial charge in [0.15, 0.2) is 5.96 Å². The highest BCUT2D eigenvalue weighted by Gasteiger charge is 2.21. The van der Waals surface area contributed by atoms with Crippen molar-refractivity contribution in [3.63, 3.8) is 0 Å². The lowest BCUT2D eigenvalue weighted by atomic mass is 10.1. The third-order valence-corrected chi connectivity index (χ3v) is 4.62. The molecule has 1 unspecified atom stereocenters. The van der Waals surface area contributed by atoms with Gasteiger partial charge in [0.25, 0.3) is 0 Å². The molecule has 1 N–H and O–H groups in total. The van der Waals surface area contributed by atoms with Gasteiger partial charge >= 0.3 is 0 Å². The number of halogens is 1. The summed E-state index contributed by atoms with van der Waals surface area (Å²) in [7, 11) is 5.91. The predicted molar refractivity (Wildman–Crippen MR) is 93.5 cm³/mol. The molecule has 0 amide bonds. The second-order valence-corrected chi connectivity index (χ2v) is 6.53. The van der Waals surface area contributed by atoms with E-state index in [1.165, 1.54) is 25.2 Å². The lowest BCUT2D eigenvalue weighted by Crippen LogP contribution is -2.41. The van der Waals surface area contributed by atoms with E-state index in [1.54, 1.807) is 0 Å². The Morgan fingerprint density at radius 3 is 2.86 bits per heavy atom. The van der Waals surface area contributed by atoms with E-state index >= 15 is 0 Å². The largest absolute Gasteiger partial charge is 0.356 e.